The van der Waals surface area contributed by atoms with Crippen molar-refractivity contribution in [3.63, 3.8) is 0 Å². The van der Waals surface area contributed by atoms with Crippen LogP contribution in [0, 0.1) is 6.92 Å². The lowest BCUT2D eigenvalue weighted by Gasteiger charge is -2.07. The summed E-state index contributed by atoms with van der Waals surface area (Å²) in [6, 6.07) is 5.66. The number of hydrogen-bond donors (Lipinski definition) is 1. The van der Waals surface area contributed by atoms with E-state index in [4.69, 9.17) is 0 Å². The summed E-state index contributed by atoms with van der Waals surface area (Å²) >= 11 is 6.69. The van der Waals surface area contributed by atoms with Crippen LogP contribution in [0.25, 0.3) is 0 Å². The van der Waals surface area contributed by atoms with Crippen LogP contribution in [-0.2, 0) is 0 Å². The Morgan fingerprint density at radius 1 is 1.47 bits per heavy atom. The summed E-state index contributed by atoms with van der Waals surface area (Å²) in [5, 5.41) is 3.79. The van der Waals surface area contributed by atoms with Crippen molar-refractivity contribution in [2.45, 2.75) is 13.3 Å². The lowest BCUT2D eigenvalue weighted by molar-refractivity contribution is 0.0953. The number of alkyl halides is 1. The van der Waals surface area contributed by atoms with E-state index in [1.54, 1.807) is 0 Å². The van der Waals surface area contributed by atoms with Gasteiger partial charge in [0.1, 0.15) is 0 Å². The van der Waals surface area contributed by atoms with E-state index in [1.165, 1.54) is 0 Å². The molecule has 82 valence electrons. The summed E-state index contributed by atoms with van der Waals surface area (Å²) in [6.07, 6.45) is 0.946. The van der Waals surface area contributed by atoms with Gasteiger partial charge >= 0.3 is 0 Å². The van der Waals surface area contributed by atoms with Gasteiger partial charge < -0.3 is 5.32 Å². The maximum absolute atomic E-state index is 11.7. The number of carbonyl (C=O) groups excluding carboxylic acids is 1. The molecule has 0 atom stereocenters. The molecule has 1 N–H and O–H groups in total. The van der Waals surface area contributed by atoms with Crippen molar-refractivity contribution in [2.75, 3.05) is 11.9 Å². The number of aryl methyl sites for hydroxylation is 1. The van der Waals surface area contributed by atoms with Crippen molar-refractivity contribution in [3.05, 3.63) is 33.8 Å². The Kier molecular flexibility index (Phi) is 5.32. The summed E-state index contributed by atoms with van der Waals surface area (Å²) in [5.74, 6) is 0.000880. The lowest BCUT2D eigenvalue weighted by Crippen LogP contribution is -2.25. The summed E-state index contributed by atoms with van der Waals surface area (Å²) in [7, 11) is 0. The van der Waals surface area contributed by atoms with Gasteiger partial charge in [0.25, 0.3) is 5.91 Å². The molecule has 0 saturated carbocycles. The second kappa shape index (κ2) is 6.28. The predicted octanol–water partition coefficient (Wildman–Crippen LogP) is 3.27. The fourth-order valence-corrected chi connectivity index (χ4v) is 2.00. The maximum Gasteiger partial charge on any atom is 0.251 e. The van der Waals surface area contributed by atoms with E-state index in [9.17, 15) is 4.79 Å². The number of benzene rings is 1. The highest BCUT2D eigenvalue weighted by Gasteiger charge is 2.07. The summed E-state index contributed by atoms with van der Waals surface area (Å²) in [4.78, 5) is 11.7. The Bertz CT molecular complexity index is 352. The van der Waals surface area contributed by atoms with Crippen LogP contribution in [0.1, 0.15) is 22.3 Å². The topological polar surface area (TPSA) is 29.1 Å². The second-order valence-corrected chi connectivity index (χ2v) is 4.97. The molecule has 0 unspecified atom stereocenters. The number of hydrogen-bond acceptors (Lipinski definition) is 1. The largest absolute Gasteiger partial charge is 0.352 e. The van der Waals surface area contributed by atoms with Gasteiger partial charge in [-0.1, -0.05) is 31.9 Å². The van der Waals surface area contributed by atoms with Crippen LogP contribution >= 0.6 is 31.9 Å². The average molecular weight is 335 g/mol. The molecule has 4 heteroatoms. The highest BCUT2D eigenvalue weighted by molar-refractivity contribution is 9.10. The molecule has 1 aromatic carbocycles. The van der Waals surface area contributed by atoms with E-state index >= 15 is 0 Å². The van der Waals surface area contributed by atoms with Gasteiger partial charge in [0, 0.05) is 21.9 Å². The third-order valence-electron chi connectivity index (χ3n) is 2.03. The molecule has 0 radical (unpaired) electrons. The quantitative estimate of drug-likeness (QED) is 0.664. The van der Waals surface area contributed by atoms with Gasteiger partial charge in [-0.05, 0) is 37.1 Å². The first-order chi connectivity index (χ1) is 7.15. The highest BCUT2D eigenvalue weighted by atomic mass is 79.9. The fourth-order valence-electron chi connectivity index (χ4n) is 1.25. The van der Waals surface area contributed by atoms with E-state index in [2.05, 4.69) is 37.2 Å². The third-order valence-corrected chi connectivity index (χ3v) is 3.08. The van der Waals surface area contributed by atoms with Gasteiger partial charge in [-0.2, -0.15) is 0 Å². The predicted molar refractivity (Wildman–Crippen MR) is 69.6 cm³/mol. The van der Waals surface area contributed by atoms with Crippen LogP contribution in [0.15, 0.2) is 22.7 Å². The molecule has 0 bridgehead atoms. The van der Waals surface area contributed by atoms with Crippen LogP contribution in [0.4, 0.5) is 0 Å². The smallest absolute Gasteiger partial charge is 0.251 e. The minimum absolute atomic E-state index is 0.000880. The first-order valence-electron chi connectivity index (χ1n) is 4.75. The number of rotatable bonds is 4. The molecular weight excluding hydrogens is 322 g/mol. The summed E-state index contributed by atoms with van der Waals surface area (Å²) in [5.41, 5.74) is 1.73. The van der Waals surface area contributed by atoms with Crippen LogP contribution in [0.2, 0.25) is 0 Å². The molecule has 1 rings (SSSR count). The van der Waals surface area contributed by atoms with Crippen LogP contribution in [-0.4, -0.2) is 17.8 Å². The first kappa shape index (κ1) is 12.7. The van der Waals surface area contributed by atoms with Gasteiger partial charge in [-0.15, -0.1) is 0 Å². The minimum atomic E-state index is 0.000880. The Labute approximate surface area is 107 Å². The Hall–Kier alpha value is -0.350. The Morgan fingerprint density at radius 2 is 2.20 bits per heavy atom. The number of halogens is 2. The minimum Gasteiger partial charge on any atom is -0.352 e. The van der Waals surface area contributed by atoms with E-state index < -0.39 is 0 Å². The molecule has 0 saturated heterocycles. The van der Waals surface area contributed by atoms with Crippen molar-refractivity contribution in [1.29, 1.82) is 0 Å². The monoisotopic (exact) mass is 333 g/mol. The van der Waals surface area contributed by atoms with Crippen molar-refractivity contribution in [2.24, 2.45) is 0 Å². The number of nitrogens with one attached hydrogen (secondary N) is 1. The third kappa shape index (κ3) is 3.95. The van der Waals surface area contributed by atoms with Gasteiger partial charge in [0.05, 0.1) is 0 Å². The van der Waals surface area contributed by atoms with Gasteiger partial charge in [-0.25, -0.2) is 0 Å². The zero-order chi connectivity index (χ0) is 11.3. The van der Waals surface area contributed by atoms with Crippen molar-refractivity contribution in [3.8, 4) is 0 Å². The SMILES string of the molecule is Cc1cc(Br)ccc1C(=O)NCCCBr. The summed E-state index contributed by atoms with van der Waals surface area (Å²) in [6.45, 7) is 2.64. The van der Waals surface area contributed by atoms with Crippen LogP contribution in [0.3, 0.4) is 0 Å². The van der Waals surface area contributed by atoms with Crippen molar-refractivity contribution < 1.29 is 4.79 Å². The highest BCUT2D eigenvalue weighted by Crippen LogP contribution is 2.15. The second-order valence-electron chi connectivity index (χ2n) is 3.26. The molecule has 15 heavy (non-hydrogen) atoms. The van der Waals surface area contributed by atoms with E-state index in [0.29, 0.717) is 6.54 Å². The molecule has 0 aliphatic carbocycles. The standard InChI is InChI=1S/C11H13Br2NO/c1-8-7-9(13)3-4-10(8)11(15)14-6-2-5-12/h3-4,7H,2,5-6H2,1H3,(H,14,15). The van der Waals surface area contributed by atoms with E-state index in [1.807, 2.05) is 25.1 Å². The molecule has 0 aliphatic heterocycles. The zero-order valence-electron chi connectivity index (χ0n) is 8.52. The Balaban J connectivity index is 2.65. The van der Waals surface area contributed by atoms with E-state index in [0.717, 1.165) is 27.4 Å². The molecule has 1 amide bonds. The van der Waals surface area contributed by atoms with Crippen LogP contribution < -0.4 is 5.32 Å². The van der Waals surface area contributed by atoms with Crippen molar-refractivity contribution in [1.82, 2.24) is 5.32 Å². The van der Waals surface area contributed by atoms with E-state index in [-0.39, 0.29) is 5.91 Å². The molecule has 0 spiro atoms. The first-order valence-corrected chi connectivity index (χ1v) is 6.67. The molecule has 0 fully saturated rings. The maximum atomic E-state index is 11.7. The molecular formula is C11H13Br2NO. The normalized spacial score (nSPS) is 10.1. The molecule has 0 heterocycles. The molecule has 0 aliphatic rings. The average Bonchev–Trinajstić information content (AvgIpc) is 2.17. The molecule has 0 aromatic heterocycles. The fraction of sp³-hybridized carbons (Fsp3) is 0.364. The van der Waals surface area contributed by atoms with Crippen molar-refractivity contribution >= 4 is 37.8 Å². The lowest BCUT2D eigenvalue weighted by atomic mass is 10.1. The number of amides is 1. The summed E-state index contributed by atoms with van der Waals surface area (Å²) < 4.78 is 0.997. The number of carbonyl (C=O) groups is 1. The zero-order valence-corrected chi connectivity index (χ0v) is 11.7. The van der Waals surface area contributed by atoms with Gasteiger partial charge in [0.15, 0.2) is 0 Å². The van der Waals surface area contributed by atoms with Gasteiger partial charge in [-0.3, -0.25) is 4.79 Å². The Morgan fingerprint density at radius 3 is 2.80 bits per heavy atom. The molecule has 2 nitrogen and oxygen atoms in total. The van der Waals surface area contributed by atoms with Crippen LogP contribution in [0.5, 0.6) is 0 Å². The van der Waals surface area contributed by atoms with Gasteiger partial charge in [0.2, 0.25) is 0 Å². The molecule has 1 aromatic rings.